The van der Waals surface area contributed by atoms with Gasteiger partial charge < -0.3 is 4.74 Å². The molecule has 0 spiro atoms. The molecule has 104 valence electrons. The molecule has 2 nitrogen and oxygen atoms in total. The summed E-state index contributed by atoms with van der Waals surface area (Å²) in [5.41, 5.74) is 0.293. The minimum atomic E-state index is 0.293. The van der Waals surface area contributed by atoms with E-state index in [4.69, 9.17) is 4.74 Å². The van der Waals surface area contributed by atoms with Gasteiger partial charge in [-0.05, 0) is 39.0 Å². The van der Waals surface area contributed by atoms with Crippen LogP contribution in [0, 0.1) is 11.8 Å². The lowest BCUT2D eigenvalue weighted by atomic mass is 10.0. The molecule has 2 heteroatoms. The van der Waals surface area contributed by atoms with Gasteiger partial charge in [-0.1, -0.05) is 27.7 Å². The van der Waals surface area contributed by atoms with Crippen molar-refractivity contribution in [2.24, 2.45) is 11.8 Å². The molecule has 1 rings (SSSR count). The van der Waals surface area contributed by atoms with Crippen molar-refractivity contribution in [3.63, 3.8) is 0 Å². The molecule has 0 saturated carbocycles. The Balaban J connectivity index is 0.000000557. The third-order valence-electron chi connectivity index (χ3n) is 2.86. The van der Waals surface area contributed by atoms with Gasteiger partial charge in [0.05, 0.1) is 13.2 Å². The minimum Gasteiger partial charge on any atom is -0.380 e. The van der Waals surface area contributed by atoms with Crippen molar-refractivity contribution in [3.05, 3.63) is 0 Å². The van der Waals surface area contributed by atoms with Crippen molar-refractivity contribution in [1.29, 1.82) is 0 Å². The Labute approximate surface area is 109 Å². The summed E-state index contributed by atoms with van der Waals surface area (Å²) in [5, 5.41) is 0. The summed E-state index contributed by atoms with van der Waals surface area (Å²) in [6.45, 7) is 19.7. The molecule has 1 saturated heterocycles. The van der Waals surface area contributed by atoms with Crippen molar-refractivity contribution in [1.82, 2.24) is 4.90 Å². The van der Waals surface area contributed by atoms with E-state index < -0.39 is 0 Å². The minimum absolute atomic E-state index is 0.293. The van der Waals surface area contributed by atoms with Crippen LogP contribution in [0.4, 0.5) is 0 Å². The highest BCUT2D eigenvalue weighted by Crippen LogP contribution is 2.19. The quantitative estimate of drug-likeness (QED) is 0.694. The third kappa shape index (κ3) is 8.62. The Morgan fingerprint density at radius 2 is 1.76 bits per heavy atom. The maximum atomic E-state index is 5.58. The summed E-state index contributed by atoms with van der Waals surface area (Å²) in [4.78, 5) is 2.54. The predicted octanol–water partition coefficient (Wildman–Crippen LogP) is 3.81. The zero-order valence-electron chi connectivity index (χ0n) is 13.0. The van der Waals surface area contributed by atoms with Crippen molar-refractivity contribution in [2.75, 3.05) is 26.3 Å². The lowest BCUT2D eigenvalue weighted by Crippen LogP contribution is -2.44. The molecule has 0 aromatic heterocycles. The van der Waals surface area contributed by atoms with Crippen molar-refractivity contribution in [2.45, 2.75) is 60.4 Å². The van der Waals surface area contributed by atoms with Gasteiger partial charge in [-0.25, -0.2) is 0 Å². The SMILES string of the molecule is CC(C)C.CCC1COCCN(C(C)(C)C)C1. The van der Waals surface area contributed by atoms with Gasteiger partial charge in [0.15, 0.2) is 0 Å². The maximum absolute atomic E-state index is 5.58. The molecule has 17 heavy (non-hydrogen) atoms. The van der Waals surface area contributed by atoms with Gasteiger partial charge in [0.2, 0.25) is 0 Å². The van der Waals surface area contributed by atoms with Crippen LogP contribution in [0.15, 0.2) is 0 Å². The van der Waals surface area contributed by atoms with Gasteiger partial charge in [-0.3, -0.25) is 4.90 Å². The Morgan fingerprint density at radius 1 is 1.24 bits per heavy atom. The Morgan fingerprint density at radius 3 is 2.18 bits per heavy atom. The molecule has 0 aromatic rings. The second-order valence-electron chi connectivity index (χ2n) is 6.70. The Hall–Kier alpha value is -0.0800. The second-order valence-corrected chi connectivity index (χ2v) is 6.70. The van der Waals surface area contributed by atoms with E-state index in [0.29, 0.717) is 5.54 Å². The molecule has 1 heterocycles. The average Bonchev–Trinajstić information content (AvgIpc) is 2.40. The number of hydrogen-bond donors (Lipinski definition) is 0. The molecular formula is C15H33NO. The van der Waals surface area contributed by atoms with Crippen LogP contribution in [-0.2, 0) is 4.74 Å². The summed E-state index contributed by atoms with van der Waals surface area (Å²) < 4.78 is 5.58. The molecule has 0 radical (unpaired) electrons. The number of nitrogens with zero attached hydrogens (tertiary/aromatic N) is 1. The second kappa shape index (κ2) is 8.10. The smallest absolute Gasteiger partial charge is 0.0593 e. The van der Waals surface area contributed by atoms with E-state index in [9.17, 15) is 0 Å². The van der Waals surface area contributed by atoms with E-state index in [1.165, 1.54) is 13.0 Å². The normalized spacial score (nSPS) is 22.9. The van der Waals surface area contributed by atoms with Gasteiger partial charge >= 0.3 is 0 Å². The summed E-state index contributed by atoms with van der Waals surface area (Å²) >= 11 is 0. The molecule has 0 amide bonds. The molecule has 0 bridgehead atoms. The van der Waals surface area contributed by atoms with E-state index in [2.05, 4.69) is 53.4 Å². The Bertz CT molecular complexity index is 181. The number of hydrogen-bond acceptors (Lipinski definition) is 2. The third-order valence-corrected chi connectivity index (χ3v) is 2.86. The fourth-order valence-corrected chi connectivity index (χ4v) is 1.74. The summed E-state index contributed by atoms with van der Waals surface area (Å²) in [7, 11) is 0. The fourth-order valence-electron chi connectivity index (χ4n) is 1.74. The van der Waals surface area contributed by atoms with Gasteiger partial charge in [0.1, 0.15) is 0 Å². The van der Waals surface area contributed by atoms with E-state index in [1.54, 1.807) is 0 Å². The first-order valence-electron chi connectivity index (χ1n) is 7.10. The molecule has 1 aliphatic rings. The van der Waals surface area contributed by atoms with Crippen LogP contribution in [-0.4, -0.2) is 36.7 Å². The van der Waals surface area contributed by atoms with Crippen molar-refractivity contribution < 1.29 is 4.74 Å². The zero-order valence-corrected chi connectivity index (χ0v) is 13.0. The van der Waals surface area contributed by atoms with Gasteiger partial charge in [0, 0.05) is 18.6 Å². The van der Waals surface area contributed by atoms with Crippen LogP contribution >= 0.6 is 0 Å². The first kappa shape index (κ1) is 16.9. The first-order chi connectivity index (χ1) is 7.77. The molecule has 1 fully saturated rings. The molecule has 0 N–H and O–H groups in total. The van der Waals surface area contributed by atoms with E-state index >= 15 is 0 Å². The van der Waals surface area contributed by atoms with Crippen LogP contribution in [0.1, 0.15) is 54.9 Å². The van der Waals surface area contributed by atoms with Crippen LogP contribution in [0.5, 0.6) is 0 Å². The lowest BCUT2D eigenvalue weighted by molar-refractivity contribution is 0.109. The highest BCUT2D eigenvalue weighted by atomic mass is 16.5. The molecule has 1 aliphatic heterocycles. The summed E-state index contributed by atoms with van der Waals surface area (Å²) in [5.74, 6) is 1.56. The highest BCUT2D eigenvalue weighted by Gasteiger charge is 2.25. The topological polar surface area (TPSA) is 12.5 Å². The molecule has 0 aromatic carbocycles. The van der Waals surface area contributed by atoms with Crippen molar-refractivity contribution in [3.8, 4) is 0 Å². The Kier molecular flexibility index (Phi) is 8.06. The zero-order chi connectivity index (χ0) is 13.5. The monoisotopic (exact) mass is 243 g/mol. The van der Waals surface area contributed by atoms with Crippen LogP contribution in [0.2, 0.25) is 0 Å². The standard InChI is InChI=1S/C11H23NO.C4H10/c1-5-10-8-12(11(2,3)4)6-7-13-9-10;1-4(2)3/h10H,5-9H2,1-4H3;4H,1-3H3. The highest BCUT2D eigenvalue weighted by molar-refractivity contribution is 4.79. The fraction of sp³-hybridized carbons (Fsp3) is 1.00. The summed E-state index contributed by atoms with van der Waals surface area (Å²) in [6.07, 6.45) is 1.23. The predicted molar refractivity (Wildman–Crippen MR) is 76.4 cm³/mol. The maximum Gasteiger partial charge on any atom is 0.0593 e. The van der Waals surface area contributed by atoms with Gasteiger partial charge in [-0.2, -0.15) is 0 Å². The first-order valence-corrected chi connectivity index (χ1v) is 7.10. The molecule has 0 aliphatic carbocycles. The van der Waals surface area contributed by atoms with Crippen LogP contribution in [0.25, 0.3) is 0 Å². The molecular weight excluding hydrogens is 210 g/mol. The lowest BCUT2D eigenvalue weighted by Gasteiger charge is -2.35. The number of ether oxygens (including phenoxy) is 1. The summed E-state index contributed by atoms with van der Waals surface area (Å²) in [6, 6.07) is 0. The van der Waals surface area contributed by atoms with Gasteiger partial charge in [-0.15, -0.1) is 0 Å². The van der Waals surface area contributed by atoms with E-state index in [-0.39, 0.29) is 0 Å². The van der Waals surface area contributed by atoms with Crippen LogP contribution in [0.3, 0.4) is 0 Å². The van der Waals surface area contributed by atoms with Crippen LogP contribution < -0.4 is 0 Å². The van der Waals surface area contributed by atoms with E-state index in [1.807, 2.05) is 0 Å². The average molecular weight is 243 g/mol. The molecule has 1 unspecified atom stereocenters. The van der Waals surface area contributed by atoms with E-state index in [0.717, 1.165) is 31.6 Å². The molecule has 1 atom stereocenters. The number of rotatable bonds is 1. The van der Waals surface area contributed by atoms with Gasteiger partial charge in [0.25, 0.3) is 0 Å². The largest absolute Gasteiger partial charge is 0.380 e. The van der Waals surface area contributed by atoms with Crippen molar-refractivity contribution >= 4 is 0 Å².